The molecule has 1 aromatic carbocycles. The number of pyridine rings is 1. The molecule has 3 rings (SSSR count). The molecule has 0 fully saturated rings. The fourth-order valence-electron chi connectivity index (χ4n) is 2.50. The average Bonchev–Trinajstić information content (AvgIpc) is 2.52. The first kappa shape index (κ1) is 13.5. The third-order valence-corrected chi connectivity index (χ3v) is 3.79. The van der Waals surface area contributed by atoms with Gasteiger partial charge < -0.3 is 21.1 Å². The minimum atomic E-state index is -0.289. The predicted molar refractivity (Wildman–Crippen MR) is 84.8 cm³/mol. The normalized spacial score (nSPS) is 16.7. The van der Waals surface area contributed by atoms with Crippen LogP contribution in [0.15, 0.2) is 36.7 Å². The summed E-state index contributed by atoms with van der Waals surface area (Å²) in [4.78, 5) is 6.18. The number of nitrogen functional groups attached to an aromatic ring is 1. The Morgan fingerprint density at radius 2 is 2.05 bits per heavy atom. The highest BCUT2D eigenvalue weighted by molar-refractivity contribution is 5.75. The zero-order valence-corrected chi connectivity index (χ0v) is 12.1. The number of aromatic nitrogens is 1. The lowest BCUT2D eigenvalue weighted by atomic mass is 9.96. The number of rotatable bonds is 2. The van der Waals surface area contributed by atoms with E-state index in [1.165, 1.54) is 0 Å². The average molecular weight is 282 g/mol. The number of anilines is 2. The van der Waals surface area contributed by atoms with Crippen LogP contribution >= 0.6 is 0 Å². The monoisotopic (exact) mass is 282 g/mol. The van der Waals surface area contributed by atoms with Gasteiger partial charge in [0.25, 0.3) is 0 Å². The smallest absolute Gasteiger partial charge is 0.213 e. The first-order valence-electron chi connectivity index (χ1n) is 6.73. The first-order valence-corrected chi connectivity index (χ1v) is 6.73. The summed E-state index contributed by atoms with van der Waals surface area (Å²) < 4.78 is 5.07. The van der Waals surface area contributed by atoms with Crippen molar-refractivity contribution in [1.29, 1.82) is 0 Å². The predicted octanol–water partition coefficient (Wildman–Crippen LogP) is 2.43. The molecule has 21 heavy (non-hydrogen) atoms. The number of benzene rings is 1. The largest absolute Gasteiger partial charge is 0.481 e. The maximum Gasteiger partial charge on any atom is 0.213 e. The van der Waals surface area contributed by atoms with Gasteiger partial charge in [0.15, 0.2) is 0 Å². The molecule has 1 aliphatic heterocycles. The summed E-state index contributed by atoms with van der Waals surface area (Å²) in [5, 5.41) is 0. The van der Waals surface area contributed by atoms with Crippen molar-refractivity contribution >= 4 is 17.5 Å². The molecule has 0 saturated carbocycles. The van der Waals surface area contributed by atoms with Crippen molar-refractivity contribution in [2.75, 3.05) is 17.7 Å². The second-order valence-electron chi connectivity index (χ2n) is 5.03. The summed E-state index contributed by atoms with van der Waals surface area (Å²) in [6.07, 6.45) is 5.38. The number of hydrogen-bond acceptors (Lipinski definition) is 5. The van der Waals surface area contributed by atoms with Gasteiger partial charge in [0.05, 0.1) is 19.0 Å². The number of hydrogen-bond donors (Lipinski definition) is 2. The van der Waals surface area contributed by atoms with Crippen LogP contribution in [0, 0.1) is 6.92 Å². The Labute approximate surface area is 123 Å². The molecule has 1 aromatic heterocycles. The van der Waals surface area contributed by atoms with E-state index in [4.69, 9.17) is 16.2 Å². The highest BCUT2D eigenvalue weighted by atomic mass is 16.5. The summed E-state index contributed by atoms with van der Waals surface area (Å²) in [6.45, 7) is 1.99. The van der Waals surface area contributed by atoms with Gasteiger partial charge in [-0.25, -0.2) is 4.98 Å². The standard InChI is InChI=1S/C16H18N4O/c1-10-3-5-13-12(15(10)17)7-8-20(16(13)18)11-4-6-14(21-2)19-9-11/h3-9,16H,17-18H2,1-2H3. The number of aryl methyl sites for hydroxylation is 1. The molecule has 0 spiro atoms. The Kier molecular flexibility index (Phi) is 3.27. The van der Waals surface area contributed by atoms with E-state index in [1.807, 2.05) is 48.4 Å². The minimum Gasteiger partial charge on any atom is -0.481 e. The van der Waals surface area contributed by atoms with Crippen LogP contribution < -0.4 is 21.1 Å². The molecule has 0 radical (unpaired) electrons. The number of methoxy groups -OCH3 is 1. The molecule has 0 aliphatic carbocycles. The van der Waals surface area contributed by atoms with Crippen molar-refractivity contribution in [3.8, 4) is 5.88 Å². The summed E-state index contributed by atoms with van der Waals surface area (Å²) in [7, 11) is 1.59. The van der Waals surface area contributed by atoms with Crippen molar-refractivity contribution in [1.82, 2.24) is 4.98 Å². The van der Waals surface area contributed by atoms with Gasteiger partial charge in [0, 0.05) is 23.5 Å². The van der Waals surface area contributed by atoms with Gasteiger partial charge in [-0.3, -0.25) is 0 Å². The molecule has 0 bridgehead atoms. The molecule has 0 saturated heterocycles. The highest BCUT2D eigenvalue weighted by Gasteiger charge is 2.23. The minimum absolute atomic E-state index is 0.289. The van der Waals surface area contributed by atoms with Crippen LogP contribution in [0.2, 0.25) is 0 Å². The number of nitrogens with zero attached hydrogens (tertiary/aromatic N) is 2. The summed E-state index contributed by atoms with van der Waals surface area (Å²) in [5.41, 5.74) is 17.3. The lowest BCUT2D eigenvalue weighted by molar-refractivity contribution is 0.398. The third kappa shape index (κ3) is 2.21. The zero-order chi connectivity index (χ0) is 15.0. The molecule has 1 atom stereocenters. The van der Waals surface area contributed by atoms with Crippen LogP contribution in [0.25, 0.3) is 6.08 Å². The number of fused-ring (bicyclic) bond motifs is 1. The molecule has 0 amide bonds. The van der Waals surface area contributed by atoms with Gasteiger partial charge in [-0.05, 0) is 30.2 Å². The maximum atomic E-state index is 6.37. The van der Waals surface area contributed by atoms with Crippen LogP contribution in [0.1, 0.15) is 22.9 Å². The molecule has 4 N–H and O–H groups in total. The van der Waals surface area contributed by atoms with Gasteiger partial charge in [-0.15, -0.1) is 0 Å². The van der Waals surface area contributed by atoms with E-state index in [1.54, 1.807) is 13.3 Å². The van der Waals surface area contributed by atoms with E-state index in [-0.39, 0.29) is 6.17 Å². The van der Waals surface area contributed by atoms with Crippen LogP contribution in [0.5, 0.6) is 5.88 Å². The van der Waals surface area contributed by atoms with Crippen LogP contribution in [-0.2, 0) is 0 Å². The van der Waals surface area contributed by atoms with Crippen LogP contribution in [-0.4, -0.2) is 12.1 Å². The Morgan fingerprint density at radius 3 is 2.71 bits per heavy atom. The second kappa shape index (κ2) is 5.10. The van der Waals surface area contributed by atoms with Crippen molar-refractivity contribution in [3.05, 3.63) is 53.4 Å². The Balaban J connectivity index is 1.99. The van der Waals surface area contributed by atoms with E-state index < -0.39 is 0 Å². The lowest BCUT2D eigenvalue weighted by Gasteiger charge is -2.32. The fourth-order valence-corrected chi connectivity index (χ4v) is 2.50. The molecule has 1 aliphatic rings. The first-order chi connectivity index (χ1) is 10.1. The van der Waals surface area contributed by atoms with Gasteiger partial charge in [-0.2, -0.15) is 0 Å². The van der Waals surface area contributed by atoms with Gasteiger partial charge in [-0.1, -0.05) is 12.1 Å². The number of ether oxygens (including phenoxy) is 1. The van der Waals surface area contributed by atoms with Crippen LogP contribution in [0.3, 0.4) is 0 Å². The third-order valence-electron chi connectivity index (χ3n) is 3.79. The van der Waals surface area contributed by atoms with Crippen molar-refractivity contribution in [2.45, 2.75) is 13.1 Å². The van der Waals surface area contributed by atoms with E-state index in [9.17, 15) is 0 Å². The lowest BCUT2D eigenvalue weighted by Crippen LogP contribution is -2.33. The van der Waals surface area contributed by atoms with E-state index >= 15 is 0 Å². The van der Waals surface area contributed by atoms with Crippen LogP contribution in [0.4, 0.5) is 11.4 Å². The van der Waals surface area contributed by atoms with Crippen molar-refractivity contribution in [3.63, 3.8) is 0 Å². The molecule has 1 unspecified atom stereocenters. The van der Waals surface area contributed by atoms with E-state index in [0.717, 1.165) is 28.1 Å². The van der Waals surface area contributed by atoms with Crippen molar-refractivity contribution in [2.24, 2.45) is 5.73 Å². The maximum absolute atomic E-state index is 6.37. The van der Waals surface area contributed by atoms with E-state index in [0.29, 0.717) is 5.88 Å². The second-order valence-corrected chi connectivity index (χ2v) is 5.03. The van der Waals surface area contributed by atoms with Gasteiger partial charge in [0.2, 0.25) is 5.88 Å². The molecule has 5 heteroatoms. The topological polar surface area (TPSA) is 77.4 Å². The fraction of sp³-hybridized carbons (Fsp3) is 0.188. The molecule has 2 heterocycles. The number of nitrogens with two attached hydrogens (primary N) is 2. The summed E-state index contributed by atoms with van der Waals surface area (Å²) in [6, 6.07) is 7.77. The van der Waals surface area contributed by atoms with Gasteiger partial charge >= 0.3 is 0 Å². The molecular weight excluding hydrogens is 264 g/mol. The van der Waals surface area contributed by atoms with Gasteiger partial charge in [0.1, 0.15) is 6.17 Å². The summed E-state index contributed by atoms with van der Waals surface area (Å²) in [5.74, 6) is 0.577. The Hall–Kier alpha value is -2.53. The molecule has 108 valence electrons. The Bertz CT molecular complexity index is 694. The highest BCUT2D eigenvalue weighted by Crippen LogP contribution is 2.35. The zero-order valence-electron chi connectivity index (χ0n) is 12.1. The molecule has 5 nitrogen and oxygen atoms in total. The summed E-state index contributed by atoms with van der Waals surface area (Å²) >= 11 is 0. The quantitative estimate of drug-likeness (QED) is 0.827. The SMILES string of the molecule is COc1ccc(N2C=Cc3c(ccc(C)c3N)C2N)cn1. The molecule has 2 aromatic rings. The van der Waals surface area contributed by atoms with E-state index in [2.05, 4.69) is 4.98 Å². The Morgan fingerprint density at radius 1 is 1.24 bits per heavy atom. The van der Waals surface area contributed by atoms with Crippen molar-refractivity contribution < 1.29 is 4.74 Å². The molecular formula is C16H18N4O.